The molecule has 4 nitrogen and oxygen atoms in total. The lowest BCUT2D eigenvalue weighted by Gasteiger charge is -1.94. The Morgan fingerprint density at radius 1 is 1.58 bits per heavy atom. The van der Waals surface area contributed by atoms with Gasteiger partial charge < -0.3 is 5.73 Å². The molecule has 0 atom stereocenters. The molecule has 2 aromatic rings. The maximum atomic E-state index is 5.83. The van der Waals surface area contributed by atoms with Gasteiger partial charge in [0.2, 0.25) is 5.95 Å². The molecule has 6 heteroatoms. The third-order valence-corrected chi connectivity index (χ3v) is 2.57. The van der Waals surface area contributed by atoms with E-state index in [0.29, 0.717) is 10.7 Å². The van der Waals surface area contributed by atoms with Crippen LogP contribution in [0, 0.1) is 0 Å². The predicted molar refractivity (Wildman–Crippen MR) is 50.1 cm³/mol. The fourth-order valence-electron chi connectivity index (χ4n) is 0.897. The van der Waals surface area contributed by atoms with Crippen molar-refractivity contribution < 1.29 is 0 Å². The summed E-state index contributed by atoms with van der Waals surface area (Å²) in [7, 11) is 0. The van der Waals surface area contributed by atoms with Crippen molar-refractivity contribution in [3.05, 3.63) is 21.8 Å². The van der Waals surface area contributed by atoms with E-state index in [4.69, 9.17) is 17.3 Å². The minimum absolute atomic E-state index is 0.240. The van der Waals surface area contributed by atoms with E-state index in [9.17, 15) is 0 Å². The lowest BCUT2D eigenvalue weighted by molar-refractivity contribution is 0.963. The number of nitrogen functional groups attached to an aromatic ring is 1. The van der Waals surface area contributed by atoms with Crippen LogP contribution in [-0.4, -0.2) is 14.6 Å². The highest BCUT2D eigenvalue weighted by atomic mass is 79.9. The van der Waals surface area contributed by atoms with Crippen LogP contribution in [0.3, 0.4) is 0 Å². The number of nitrogens with two attached hydrogens (primary N) is 1. The molecule has 62 valence electrons. The van der Waals surface area contributed by atoms with Gasteiger partial charge in [0.15, 0.2) is 5.65 Å². The number of fused-ring (bicyclic) bond motifs is 1. The van der Waals surface area contributed by atoms with Gasteiger partial charge in [0.1, 0.15) is 0 Å². The Morgan fingerprint density at radius 3 is 3.08 bits per heavy atom. The summed E-state index contributed by atoms with van der Waals surface area (Å²) in [5, 5.41) is 4.50. The molecule has 0 radical (unpaired) electrons. The third kappa shape index (κ3) is 1.15. The standard InChI is InChI=1S/C6H4BrClN4/c7-3-2-12-5(1-4(3)8)10-6(9)11-12/h1-2H,(H2,9,11). The first kappa shape index (κ1) is 7.82. The molecule has 2 N–H and O–H groups in total. The van der Waals surface area contributed by atoms with Gasteiger partial charge in [-0.2, -0.15) is 4.98 Å². The summed E-state index contributed by atoms with van der Waals surface area (Å²) in [4.78, 5) is 3.94. The third-order valence-electron chi connectivity index (χ3n) is 1.39. The highest BCUT2D eigenvalue weighted by Gasteiger charge is 2.03. The number of nitrogens with zero attached hydrogens (tertiary/aromatic N) is 3. The van der Waals surface area contributed by atoms with Gasteiger partial charge in [-0.25, -0.2) is 4.52 Å². The maximum absolute atomic E-state index is 5.83. The molecule has 2 heterocycles. The first-order chi connectivity index (χ1) is 5.66. The molecule has 2 rings (SSSR count). The van der Waals surface area contributed by atoms with E-state index < -0.39 is 0 Å². The van der Waals surface area contributed by atoms with Crippen molar-refractivity contribution in [2.24, 2.45) is 0 Å². The van der Waals surface area contributed by atoms with Crippen LogP contribution in [0.15, 0.2) is 16.7 Å². The average Bonchev–Trinajstić information content (AvgIpc) is 2.30. The topological polar surface area (TPSA) is 56.2 Å². The number of hydrogen-bond acceptors (Lipinski definition) is 3. The molecule has 0 aliphatic carbocycles. The lowest BCUT2D eigenvalue weighted by atomic mass is 10.5. The summed E-state index contributed by atoms with van der Waals surface area (Å²) in [5.74, 6) is 0.240. The zero-order valence-corrected chi connectivity index (χ0v) is 8.17. The number of rotatable bonds is 0. The van der Waals surface area contributed by atoms with Gasteiger partial charge in [-0.05, 0) is 15.9 Å². The van der Waals surface area contributed by atoms with Crippen molar-refractivity contribution in [3.63, 3.8) is 0 Å². The molecule has 0 amide bonds. The summed E-state index contributed by atoms with van der Waals surface area (Å²) >= 11 is 9.09. The van der Waals surface area contributed by atoms with Gasteiger partial charge in [-0.1, -0.05) is 11.6 Å². The number of halogens is 2. The van der Waals surface area contributed by atoms with E-state index in [0.717, 1.165) is 4.47 Å². The molecule has 0 aliphatic heterocycles. The van der Waals surface area contributed by atoms with E-state index in [2.05, 4.69) is 26.0 Å². The number of pyridine rings is 1. The van der Waals surface area contributed by atoms with E-state index in [1.807, 2.05) is 0 Å². The summed E-state index contributed by atoms with van der Waals surface area (Å²) in [6, 6.07) is 1.69. The van der Waals surface area contributed by atoms with Crippen LogP contribution in [0.2, 0.25) is 5.02 Å². The molecule has 0 spiro atoms. The summed E-state index contributed by atoms with van der Waals surface area (Å²) in [6.45, 7) is 0. The van der Waals surface area contributed by atoms with Crippen LogP contribution in [0.4, 0.5) is 5.95 Å². The van der Waals surface area contributed by atoms with Gasteiger partial charge in [-0.3, -0.25) is 0 Å². The Kier molecular flexibility index (Phi) is 1.69. The molecule has 0 aliphatic rings. The summed E-state index contributed by atoms with van der Waals surface area (Å²) in [5.41, 5.74) is 6.03. The van der Waals surface area contributed by atoms with Crippen LogP contribution in [0.25, 0.3) is 5.65 Å². The fourth-order valence-corrected chi connectivity index (χ4v) is 1.35. The van der Waals surface area contributed by atoms with Crippen LogP contribution < -0.4 is 5.73 Å². The minimum Gasteiger partial charge on any atom is -0.366 e. The van der Waals surface area contributed by atoms with Crippen LogP contribution in [-0.2, 0) is 0 Å². The summed E-state index contributed by atoms with van der Waals surface area (Å²) < 4.78 is 2.33. The molecule has 0 bridgehead atoms. The average molecular weight is 247 g/mol. The zero-order chi connectivity index (χ0) is 8.72. The SMILES string of the molecule is Nc1nc2cc(Cl)c(Br)cn2n1. The highest BCUT2D eigenvalue weighted by molar-refractivity contribution is 9.10. The number of aromatic nitrogens is 3. The fraction of sp³-hybridized carbons (Fsp3) is 0. The van der Waals surface area contributed by atoms with Crippen molar-refractivity contribution in [2.45, 2.75) is 0 Å². The Hall–Kier alpha value is -0.810. The zero-order valence-electron chi connectivity index (χ0n) is 5.83. The predicted octanol–water partition coefficient (Wildman–Crippen LogP) is 1.73. The van der Waals surface area contributed by atoms with Crippen LogP contribution in [0.5, 0.6) is 0 Å². The monoisotopic (exact) mass is 246 g/mol. The van der Waals surface area contributed by atoms with Gasteiger partial charge in [-0.15, -0.1) is 5.10 Å². The molecular weight excluding hydrogens is 243 g/mol. The smallest absolute Gasteiger partial charge is 0.240 e. The largest absolute Gasteiger partial charge is 0.366 e. The van der Waals surface area contributed by atoms with Crippen LogP contribution >= 0.6 is 27.5 Å². The first-order valence-corrected chi connectivity index (χ1v) is 4.31. The molecule has 2 aromatic heterocycles. The molecule has 0 unspecified atom stereocenters. The Bertz CT molecular complexity index is 399. The Labute approximate surface area is 81.5 Å². The quantitative estimate of drug-likeness (QED) is 0.771. The van der Waals surface area contributed by atoms with E-state index in [-0.39, 0.29) is 5.95 Å². The van der Waals surface area contributed by atoms with Crippen molar-refractivity contribution in [1.29, 1.82) is 0 Å². The molecule has 0 saturated carbocycles. The summed E-state index contributed by atoms with van der Waals surface area (Å²) in [6.07, 6.45) is 1.71. The second kappa shape index (κ2) is 2.60. The molecular formula is C6H4BrClN4. The van der Waals surface area contributed by atoms with Crippen LogP contribution in [0.1, 0.15) is 0 Å². The maximum Gasteiger partial charge on any atom is 0.240 e. The molecule has 12 heavy (non-hydrogen) atoms. The van der Waals surface area contributed by atoms with Gasteiger partial charge in [0.25, 0.3) is 0 Å². The first-order valence-electron chi connectivity index (χ1n) is 3.14. The second-order valence-electron chi connectivity index (χ2n) is 2.24. The second-order valence-corrected chi connectivity index (χ2v) is 3.50. The number of anilines is 1. The van der Waals surface area contributed by atoms with Gasteiger partial charge in [0.05, 0.1) is 9.50 Å². The highest BCUT2D eigenvalue weighted by Crippen LogP contribution is 2.22. The molecule has 0 fully saturated rings. The van der Waals surface area contributed by atoms with Crippen molar-refractivity contribution in [3.8, 4) is 0 Å². The lowest BCUT2D eigenvalue weighted by Crippen LogP contribution is -1.89. The van der Waals surface area contributed by atoms with Crippen molar-refractivity contribution in [1.82, 2.24) is 14.6 Å². The van der Waals surface area contributed by atoms with E-state index >= 15 is 0 Å². The van der Waals surface area contributed by atoms with E-state index in [1.165, 1.54) is 0 Å². The minimum atomic E-state index is 0.240. The number of hydrogen-bond donors (Lipinski definition) is 1. The Balaban J connectivity index is 2.83. The van der Waals surface area contributed by atoms with E-state index in [1.54, 1.807) is 16.8 Å². The van der Waals surface area contributed by atoms with Gasteiger partial charge >= 0.3 is 0 Å². The molecule has 0 aromatic carbocycles. The van der Waals surface area contributed by atoms with Gasteiger partial charge in [0, 0.05) is 12.3 Å². The van der Waals surface area contributed by atoms with Crippen molar-refractivity contribution >= 4 is 39.1 Å². The molecule has 0 saturated heterocycles. The van der Waals surface area contributed by atoms with Crippen molar-refractivity contribution in [2.75, 3.05) is 5.73 Å². The Morgan fingerprint density at radius 2 is 2.33 bits per heavy atom. The normalized spacial score (nSPS) is 10.8.